The maximum absolute atomic E-state index is 13.6. The van der Waals surface area contributed by atoms with Crippen LogP contribution in [0, 0.1) is 23.3 Å². The van der Waals surface area contributed by atoms with Gasteiger partial charge in [0.05, 0.1) is 12.2 Å². The average molecular weight is 292 g/mol. The molecule has 0 atom stereocenters. The van der Waals surface area contributed by atoms with Gasteiger partial charge in [0, 0.05) is 5.56 Å². The van der Waals surface area contributed by atoms with E-state index in [0.29, 0.717) is 0 Å². The van der Waals surface area contributed by atoms with Crippen molar-refractivity contribution in [3.63, 3.8) is 0 Å². The Labute approximate surface area is 112 Å². The molecule has 0 bridgehead atoms. The third kappa shape index (κ3) is 2.97. The first kappa shape index (κ1) is 16.1. The van der Waals surface area contributed by atoms with Crippen LogP contribution in [0.15, 0.2) is 0 Å². The van der Waals surface area contributed by atoms with Crippen molar-refractivity contribution in [1.82, 2.24) is 0 Å². The smallest absolute Gasteiger partial charge is 0.313 e. The van der Waals surface area contributed by atoms with Crippen molar-refractivity contribution in [3.05, 3.63) is 34.4 Å². The number of rotatable bonds is 5. The van der Waals surface area contributed by atoms with E-state index in [-0.39, 0.29) is 13.0 Å². The van der Waals surface area contributed by atoms with Gasteiger partial charge in [-0.2, -0.15) is 0 Å². The topological polar surface area (TPSA) is 43.4 Å². The average Bonchev–Trinajstić information content (AvgIpc) is 2.40. The zero-order valence-corrected chi connectivity index (χ0v) is 10.9. The molecule has 0 aliphatic heterocycles. The van der Waals surface area contributed by atoms with Gasteiger partial charge in [0.25, 0.3) is 0 Å². The first-order chi connectivity index (χ1) is 9.34. The van der Waals surface area contributed by atoms with E-state index >= 15 is 0 Å². The Balaban J connectivity index is 3.30. The summed E-state index contributed by atoms with van der Waals surface area (Å²) in [5.41, 5.74) is -1.55. The molecule has 0 saturated heterocycles. The molecule has 20 heavy (non-hydrogen) atoms. The van der Waals surface area contributed by atoms with Gasteiger partial charge in [-0.05, 0) is 13.3 Å². The molecule has 0 unspecified atom stereocenters. The Morgan fingerprint density at radius 3 is 2.00 bits per heavy atom. The van der Waals surface area contributed by atoms with E-state index < -0.39 is 52.6 Å². The van der Waals surface area contributed by atoms with E-state index in [1.165, 1.54) is 13.8 Å². The Morgan fingerprint density at radius 2 is 1.50 bits per heavy atom. The number of hydrogen-bond acceptors (Lipinski definition) is 3. The zero-order chi connectivity index (χ0) is 15.4. The molecule has 0 heterocycles. The fourth-order valence-corrected chi connectivity index (χ4v) is 1.73. The van der Waals surface area contributed by atoms with Crippen LogP contribution in [-0.4, -0.2) is 18.4 Å². The number of carbonyl (C=O) groups excluding carboxylic acids is 2. The van der Waals surface area contributed by atoms with Gasteiger partial charge < -0.3 is 4.74 Å². The van der Waals surface area contributed by atoms with E-state index in [0.717, 1.165) is 0 Å². The number of halogens is 4. The molecule has 1 aromatic carbocycles. The van der Waals surface area contributed by atoms with Crippen molar-refractivity contribution >= 4 is 11.8 Å². The fourth-order valence-electron chi connectivity index (χ4n) is 1.73. The molecule has 0 spiro atoms. The summed E-state index contributed by atoms with van der Waals surface area (Å²) in [4.78, 5) is 22.9. The number of ether oxygens (including phenoxy) is 1. The molecule has 0 aliphatic carbocycles. The van der Waals surface area contributed by atoms with Crippen LogP contribution in [0.4, 0.5) is 17.6 Å². The van der Waals surface area contributed by atoms with Crippen molar-refractivity contribution in [3.8, 4) is 0 Å². The molecule has 0 saturated carbocycles. The summed E-state index contributed by atoms with van der Waals surface area (Å²) >= 11 is 0. The minimum atomic E-state index is -2.08. The standard InChI is InChI=1S/C13H12F4O3/c1-3-6-9(7(18)5-8(19)20-4-2)11(15)13(17)12(16)10(6)14/h3-5H2,1-2H3. The largest absolute Gasteiger partial charge is 0.466 e. The molecule has 1 rings (SSSR count). The summed E-state index contributed by atoms with van der Waals surface area (Å²) in [6.07, 6.45) is -1.11. The van der Waals surface area contributed by atoms with Crippen LogP contribution in [0.25, 0.3) is 0 Å². The summed E-state index contributed by atoms with van der Waals surface area (Å²) in [5.74, 6) is -9.59. The number of hydrogen-bond donors (Lipinski definition) is 0. The fraction of sp³-hybridized carbons (Fsp3) is 0.385. The van der Waals surface area contributed by atoms with E-state index in [4.69, 9.17) is 0 Å². The second-order valence-corrected chi connectivity index (χ2v) is 3.87. The molecule has 0 N–H and O–H groups in total. The van der Waals surface area contributed by atoms with Crippen molar-refractivity contribution in [2.75, 3.05) is 6.61 Å². The van der Waals surface area contributed by atoms with Gasteiger partial charge in [0.15, 0.2) is 29.1 Å². The van der Waals surface area contributed by atoms with Gasteiger partial charge in [-0.15, -0.1) is 0 Å². The van der Waals surface area contributed by atoms with E-state index in [2.05, 4.69) is 4.74 Å². The van der Waals surface area contributed by atoms with E-state index in [9.17, 15) is 27.2 Å². The Kier molecular flexibility index (Phi) is 5.24. The third-order valence-corrected chi connectivity index (χ3v) is 2.61. The minimum Gasteiger partial charge on any atom is -0.466 e. The second kappa shape index (κ2) is 6.49. The summed E-state index contributed by atoms with van der Waals surface area (Å²) in [6, 6.07) is 0. The molecule has 110 valence electrons. The van der Waals surface area contributed by atoms with Gasteiger partial charge in [0.1, 0.15) is 6.42 Å². The summed E-state index contributed by atoms with van der Waals surface area (Å²) in [6.45, 7) is 2.84. The molecular weight excluding hydrogens is 280 g/mol. The first-order valence-electron chi connectivity index (χ1n) is 5.88. The number of carbonyl (C=O) groups is 2. The number of Topliss-reactive ketones (excluding diaryl/α,β-unsaturated/α-hetero) is 1. The monoisotopic (exact) mass is 292 g/mol. The van der Waals surface area contributed by atoms with Gasteiger partial charge >= 0.3 is 5.97 Å². The summed E-state index contributed by atoms with van der Waals surface area (Å²) in [7, 11) is 0. The lowest BCUT2D eigenvalue weighted by atomic mass is 9.97. The predicted molar refractivity (Wildman–Crippen MR) is 61.2 cm³/mol. The van der Waals surface area contributed by atoms with Gasteiger partial charge in [-0.25, -0.2) is 17.6 Å². The minimum absolute atomic E-state index is 0.00136. The lowest BCUT2D eigenvalue weighted by Crippen LogP contribution is -2.17. The Morgan fingerprint density at radius 1 is 0.950 bits per heavy atom. The molecule has 1 aromatic rings. The SMILES string of the molecule is CCOC(=O)CC(=O)c1c(F)c(F)c(F)c(F)c1CC. The van der Waals surface area contributed by atoms with Crippen molar-refractivity contribution in [2.24, 2.45) is 0 Å². The maximum atomic E-state index is 13.6. The highest BCUT2D eigenvalue weighted by atomic mass is 19.2. The molecule has 0 fully saturated rings. The predicted octanol–water partition coefficient (Wildman–Crippen LogP) is 2.94. The highest BCUT2D eigenvalue weighted by molar-refractivity contribution is 6.07. The third-order valence-electron chi connectivity index (χ3n) is 2.61. The van der Waals surface area contributed by atoms with Gasteiger partial charge in [-0.3, -0.25) is 9.59 Å². The van der Waals surface area contributed by atoms with Crippen molar-refractivity contribution in [2.45, 2.75) is 26.7 Å². The van der Waals surface area contributed by atoms with Crippen molar-refractivity contribution < 1.29 is 31.9 Å². The van der Waals surface area contributed by atoms with Crippen LogP contribution >= 0.6 is 0 Å². The number of esters is 1. The van der Waals surface area contributed by atoms with Crippen LogP contribution in [0.2, 0.25) is 0 Å². The van der Waals surface area contributed by atoms with Crippen LogP contribution < -0.4 is 0 Å². The highest BCUT2D eigenvalue weighted by Crippen LogP contribution is 2.26. The Hall–Kier alpha value is -1.92. The summed E-state index contributed by atoms with van der Waals surface area (Å²) in [5, 5.41) is 0. The Bertz CT molecular complexity index is 555. The zero-order valence-electron chi connectivity index (χ0n) is 10.9. The molecule has 7 heteroatoms. The van der Waals surface area contributed by atoms with Gasteiger partial charge in [0.2, 0.25) is 0 Å². The second-order valence-electron chi connectivity index (χ2n) is 3.87. The molecular formula is C13H12F4O3. The molecule has 3 nitrogen and oxygen atoms in total. The van der Waals surface area contributed by atoms with Crippen LogP contribution in [-0.2, 0) is 16.0 Å². The quantitative estimate of drug-likeness (QED) is 0.209. The van der Waals surface area contributed by atoms with Gasteiger partial charge in [-0.1, -0.05) is 6.92 Å². The molecule has 0 radical (unpaired) electrons. The number of benzene rings is 1. The number of ketones is 1. The van der Waals surface area contributed by atoms with Crippen LogP contribution in [0.5, 0.6) is 0 Å². The molecule has 0 amide bonds. The normalized spacial score (nSPS) is 10.5. The lowest BCUT2D eigenvalue weighted by molar-refractivity contribution is -0.141. The highest BCUT2D eigenvalue weighted by Gasteiger charge is 2.29. The van der Waals surface area contributed by atoms with Crippen LogP contribution in [0.3, 0.4) is 0 Å². The first-order valence-corrected chi connectivity index (χ1v) is 5.88. The lowest BCUT2D eigenvalue weighted by Gasteiger charge is -2.11. The van der Waals surface area contributed by atoms with Crippen LogP contribution in [0.1, 0.15) is 36.2 Å². The summed E-state index contributed by atoms with van der Waals surface area (Å²) < 4.78 is 57.8. The van der Waals surface area contributed by atoms with Crippen molar-refractivity contribution in [1.29, 1.82) is 0 Å². The van der Waals surface area contributed by atoms with E-state index in [1.807, 2.05) is 0 Å². The van der Waals surface area contributed by atoms with E-state index in [1.54, 1.807) is 0 Å². The maximum Gasteiger partial charge on any atom is 0.313 e. The molecule has 0 aromatic heterocycles. The molecule has 0 aliphatic rings.